The van der Waals surface area contributed by atoms with Gasteiger partial charge in [-0.2, -0.15) is 0 Å². The van der Waals surface area contributed by atoms with E-state index in [2.05, 4.69) is 5.32 Å². The number of aromatic hydroxyl groups is 1. The SMILES string of the molecule is COc1cccc(COC(=O)C2=C(C)NC3=C(C(=O)C[C@H](c4ccccc4OC)C3)[C@@H]2c2cccc(O)c2)c1. The summed E-state index contributed by atoms with van der Waals surface area (Å²) in [6.45, 7) is 1.87. The van der Waals surface area contributed by atoms with Crippen LogP contribution in [-0.2, 0) is 20.9 Å². The van der Waals surface area contributed by atoms with Crippen LogP contribution in [-0.4, -0.2) is 31.1 Å². The lowest BCUT2D eigenvalue weighted by Crippen LogP contribution is -2.36. The van der Waals surface area contributed by atoms with Crippen molar-refractivity contribution in [2.24, 2.45) is 0 Å². The van der Waals surface area contributed by atoms with E-state index in [-0.39, 0.29) is 30.5 Å². The fraction of sp³-hybridized carbons (Fsp3) is 0.250. The van der Waals surface area contributed by atoms with E-state index >= 15 is 0 Å². The minimum Gasteiger partial charge on any atom is -0.508 e. The molecule has 0 unspecified atom stereocenters. The fourth-order valence-corrected chi connectivity index (χ4v) is 5.56. The number of benzene rings is 3. The molecular weight excluding hydrogens is 494 g/mol. The van der Waals surface area contributed by atoms with Crippen molar-refractivity contribution in [1.29, 1.82) is 0 Å². The smallest absolute Gasteiger partial charge is 0.337 e. The third-order valence-corrected chi connectivity index (χ3v) is 7.33. The van der Waals surface area contributed by atoms with E-state index < -0.39 is 11.9 Å². The maximum atomic E-state index is 13.8. The summed E-state index contributed by atoms with van der Waals surface area (Å²) in [5.74, 6) is 0.152. The predicted octanol–water partition coefficient (Wildman–Crippen LogP) is 5.51. The summed E-state index contributed by atoms with van der Waals surface area (Å²) in [7, 11) is 3.21. The Morgan fingerprint density at radius 3 is 2.54 bits per heavy atom. The lowest BCUT2D eigenvalue weighted by molar-refractivity contribution is -0.140. The van der Waals surface area contributed by atoms with Crippen molar-refractivity contribution in [2.45, 2.75) is 38.2 Å². The number of carbonyl (C=O) groups excluding carboxylic acids is 2. The third-order valence-electron chi connectivity index (χ3n) is 7.33. The van der Waals surface area contributed by atoms with Gasteiger partial charge in [0.05, 0.1) is 19.8 Å². The Morgan fingerprint density at radius 2 is 1.77 bits per heavy atom. The molecule has 0 spiro atoms. The molecule has 2 aliphatic rings. The Balaban J connectivity index is 1.50. The number of para-hydroxylation sites is 1. The maximum absolute atomic E-state index is 13.8. The molecule has 200 valence electrons. The molecule has 5 rings (SSSR count). The van der Waals surface area contributed by atoms with Crippen LogP contribution in [0.5, 0.6) is 17.2 Å². The Morgan fingerprint density at radius 1 is 0.974 bits per heavy atom. The standard InChI is InChI=1S/C32H31NO6/c1-19-29(32(36)39-18-20-8-6-11-24(14-20)37-2)30(21-9-7-10-23(34)15-21)31-26(33-19)16-22(17-27(31)35)25-12-4-5-13-28(25)38-3/h4-15,22,30,33-34H,16-18H2,1-3H3/t22-,30-/m1/s1. The van der Waals surface area contributed by atoms with Crippen molar-refractivity contribution in [1.82, 2.24) is 5.32 Å². The van der Waals surface area contributed by atoms with Crippen molar-refractivity contribution in [3.63, 3.8) is 0 Å². The van der Waals surface area contributed by atoms with Gasteiger partial charge >= 0.3 is 5.97 Å². The number of nitrogens with one attached hydrogen (secondary N) is 1. The topological polar surface area (TPSA) is 94.1 Å². The van der Waals surface area contributed by atoms with Crippen LogP contribution < -0.4 is 14.8 Å². The minimum atomic E-state index is -0.669. The van der Waals surface area contributed by atoms with E-state index in [9.17, 15) is 14.7 Å². The van der Waals surface area contributed by atoms with E-state index in [0.29, 0.717) is 34.6 Å². The highest BCUT2D eigenvalue weighted by Crippen LogP contribution is 2.47. The average molecular weight is 526 g/mol. The van der Waals surface area contributed by atoms with Crippen LogP contribution in [0.3, 0.4) is 0 Å². The quantitative estimate of drug-likeness (QED) is 0.393. The van der Waals surface area contributed by atoms with Gasteiger partial charge in [-0.25, -0.2) is 4.79 Å². The van der Waals surface area contributed by atoms with Gasteiger partial charge in [-0.1, -0.05) is 42.5 Å². The zero-order chi connectivity index (χ0) is 27.5. The second kappa shape index (κ2) is 11.1. The summed E-state index contributed by atoms with van der Waals surface area (Å²) in [5, 5.41) is 13.6. The minimum absolute atomic E-state index is 0.0509. The number of Topliss-reactive ketones (excluding diaryl/α,β-unsaturated/α-hetero) is 1. The molecule has 0 radical (unpaired) electrons. The molecule has 1 aliphatic carbocycles. The predicted molar refractivity (Wildman–Crippen MR) is 146 cm³/mol. The number of dihydropyridines is 1. The van der Waals surface area contributed by atoms with Gasteiger partial charge in [-0.05, 0) is 60.4 Å². The molecule has 0 bridgehead atoms. The molecule has 7 heteroatoms. The number of allylic oxidation sites excluding steroid dienone is 3. The lowest BCUT2D eigenvalue weighted by atomic mass is 9.71. The zero-order valence-corrected chi connectivity index (χ0v) is 22.2. The first-order valence-corrected chi connectivity index (χ1v) is 12.9. The highest BCUT2D eigenvalue weighted by molar-refractivity contribution is 6.04. The first-order valence-electron chi connectivity index (χ1n) is 12.9. The number of ether oxygens (including phenoxy) is 3. The number of phenolic OH excluding ortho intramolecular Hbond substituents is 1. The Hall–Kier alpha value is -4.52. The van der Waals surface area contributed by atoms with E-state index in [4.69, 9.17) is 14.2 Å². The lowest BCUT2D eigenvalue weighted by Gasteiger charge is -2.37. The van der Waals surface area contributed by atoms with Gasteiger partial charge in [0.2, 0.25) is 0 Å². The Kier molecular flexibility index (Phi) is 7.41. The molecule has 0 saturated heterocycles. The number of methoxy groups -OCH3 is 2. The van der Waals surface area contributed by atoms with Crippen LogP contribution in [0.1, 0.15) is 48.3 Å². The average Bonchev–Trinajstić information content (AvgIpc) is 2.95. The third kappa shape index (κ3) is 5.25. The van der Waals surface area contributed by atoms with Gasteiger partial charge in [0.1, 0.15) is 23.9 Å². The number of ketones is 1. The van der Waals surface area contributed by atoms with Crippen LogP contribution in [0.25, 0.3) is 0 Å². The van der Waals surface area contributed by atoms with Crippen molar-refractivity contribution in [3.05, 3.63) is 112 Å². The fourth-order valence-electron chi connectivity index (χ4n) is 5.56. The molecule has 7 nitrogen and oxygen atoms in total. The summed E-state index contributed by atoms with van der Waals surface area (Å²) < 4.78 is 16.6. The second-order valence-corrected chi connectivity index (χ2v) is 9.78. The van der Waals surface area contributed by atoms with Crippen molar-refractivity contribution < 1.29 is 28.9 Å². The molecule has 1 heterocycles. The molecule has 0 fully saturated rings. The van der Waals surface area contributed by atoms with E-state index in [0.717, 1.165) is 22.6 Å². The maximum Gasteiger partial charge on any atom is 0.337 e. The summed E-state index contributed by atoms with van der Waals surface area (Å²) in [6.07, 6.45) is 0.863. The Bertz CT molecular complexity index is 1490. The highest BCUT2D eigenvalue weighted by atomic mass is 16.5. The van der Waals surface area contributed by atoms with E-state index in [1.807, 2.05) is 61.5 Å². The van der Waals surface area contributed by atoms with Gasteiger partial charge < -0.3 is 24.6 Å². The zero-order valence-electron chi connectivity index (χ0n) is 22.2. The molecule has 3 aromatic carbocycles. The monoisotopic (exact) mass is 525 g/mol. The summed E-state index contributed by atoms with van der Waals surface area (Å²) in [4.78, 5) is 27.4. The molecule has 39 heavy (non-hydrogen) atoms. The number of phenols is 1. The molecule has 0 aromatic heterocycles. The number of esters is 1. The molecule has 0 saturated carbocycles. The molecule has 2 N–H and O–H groups in total. The molecule has 0 amide bonds. The van der Waals surface area contributed by atoms with Crippen LogP contribution in [0.2, 0.25) is 0 Å². The van der Waals surface area contributed by atoms with E-state index in [1.165, 1.54) is 0 Å². The van der Waals surface area contributed by atoms with Crippen molar-refractivity contribution in [2.75, 3.05) is 14.2 Å². The molecular formula is C32H31NO6. The summed E-state index contributed by atoms with van der Waals surface area (Å²) >= 11 is 0. The normalized spacial score (nSPS) is 18.8. The molecule has 3 aromatic rings. The largest absolute Gasteiger partial charge is 0.508 e. The number of carbonyl (C=O) groups is 2. The molecule has 1 aliphatic heterocycles. The Labute approximate surface area is 227 Å². The first-order chi connectivity index (χ1) is 18.9. The van der Waals surface area contributed by atoms with E-state index in [1.54, 1.807) is 32.4 Å². The van der Waals surface area contributed by atoms with Gasteiger partial charge in [-0.15, -0.1) is 0 Å². The van der Waals surface area contributed by atoms with Crippen LogP contribution >= 0.6 is 0 Å². The van der Waals surface area contributed by atoms with Gasteiger partial charge in [0, 0.05) is 35.2 Å². The van der Waals surface area contributed by atoms with Gasteiger partial charge in [-0.3, -0.25) is 4.79 Å². The highest BCUT2D eigenvalue weighted by Gasteiger charge is 2.42. The van der Waals surface area contributed by atoms with Crippen LogP contribution in [0.4, 0.5) is 0 Å². The molecule has 2 atom stereocenters. The van der Waals surface area contributed by atoms with Gasteiger partial charge in [0.25, 0.3) is 0 Å². The number of hydrogen-bond donors (Lipinski definition) is 2. The first kappa shape index (κ1) is 26.1. The van der Waals surface area contributed by atoms with Crippen LogP contribution in [0, 0.1) is 0 Å². The number of rotatable bonds is 7. The van der Waals surface area contributed by atoms with Gasteiger partial charge in [0.15, 0.2) is 5.78 Å². The summed E-state index contributed by atoms with van der Waals surface area (Å²) in [5.41, 5.74) is 4.69. The summed E-state index contributed by atoms with van der Waals surface area (Å²) in [6, 6.07) is 21.8. The second-order valence-electron chi connectivity index (χ2n) is 9.78. The van der Waals surface area contributed by atoms with Crippen LogP contribution in [0.15, 0.2) is 95.3 Å². The van der Waals surface area contributed by atoms with Crippen molar-refractivity contribution >= 4 is 11.8 Å². The number of hydrogen-bond acceptors (Lipinski definition) is 7. The van der Waals surface area contributed by atoms with Crippen molar-refractivity contribution in [3.8, 4) is 17.2 Å².